The van der Waals surface area contributed by atoms with Crippen LogP contribution in [0.4, 0.5) is 4.79 Å². The van der Waals surface area contributed by atoms with Gasteiger partial charge in [0, 0.05) is 6.42 Å². The van der Waals surface area contributed by atoms with Crippen LogP contribution in [0.25, 0.3) is 0 Å². The molecule has 3 aliphatic rings. The fourth-order valence-corrected chi connectivity index (χ4v) is 3.73. The summed E-state index contributed by atoms with van der Waals surface area (Å²) in [7, 11) is 0. The van der Waals surface area contributed by atoms with Crippen molar-refractivity contribution >= 4 is 11.9 Å². The minimum Gasteiger partial charge on any atom is -0.337 e. The van der Waals surface area contributed by atoms with Gasteiger partial charge in [0.25, 0.3) is 5.91 Å². The van der Waals surface area contributed by atoms with Crippen LogP contribution in [0.15, 0.2) is 4.52 Å². The van der Waals surface area contributed by atoms with Crippen LogP contribution < -0.4 is 5.32 Å². The normalized spacial score (nSPS) is 23.2. The molecule has 1 aliphatic heterocycles. The number of aromatic nitrogens is 2. The number of amides is 3. The van der Waals surface area contributed by atoms with Gasteiger partial charge < -0.3 is 9.84 Å². The van der Waals surface area contributed by atoms with Crippen LogP contribution in [-0.4, -0.2) is 32.5 Å². The molecule has 3 fully saturated rings. The Morgan fingerprint density at radius 2 is 1.92 bits per heavy atom. The number of carbonyl (C=O) groups is 2. The average Bonchev–Trinajstić information content (AvgIpc) is 3.45. The van der Waals surface area contributed by atoms with E-state index in [1.165, 1.54) is 4.90 Å². The van der Waals surface area contributed by atoms with E-state index in [1.54, 1.807) is 0 Å². The fraction of sp³-hybridized carbons (Fsp3) is 0.765. The van der Waals surface area contributed by atoms with E-state index >= 15 is 0 Å². The van der Waals surface area contributed by atoms with Crippen LogP contribution >= 0.6 is 0 Å². The van der Waals surface area contributed by atoms with E-state index in [9.17, 15) is 9.59 Å². The van der Waals surface area contributed by atoms with E-state index in [-0.39, 0.29) is 18.5 Å². The lowest BCUT2D eigenvalue weighted by atomic mass is 9.87. The molecular formula is C17H24N4O3. The number of nitrogens with zero attached hydrogens (tertiary/aromatic N) is 3. The Balaban J connectivity index is 1.47. The summed E-state index contributed by atoms with van der Waals surface area (Å²) in [6, 6.07) is -0.319. The van der Waals surface area contributed by atoms with Crippen LogP contribution in [0.5, 0.6) is 0 Å². The maximum atomic E-state index is 13.0. The van der Waals surface area contributed by atoms with Gasteiger partial charge in [0.05, 0.1) is 0 Å². The number of nitrogens with one attached hydrogen (secondary N) is 1. The zero-order valence-corrected chi connectivity index (χ0v) is 14.2. The maximum Gasteiger partial charge on any atom is 0.325 e. The summed E-state index contributed by atoms with van der Waals surface area (Å²) < 4.78 is 5.24. The molecule has 2 heterocycles. The van der Waals surface area contributed by atoms with Gasteiger partial charge in [-0.3, -0.25) is 9.69 Å². The summed E-state index contributed by atoms with van der Waals surface area (Å²) in [6.45, 7) is 4.35. The minimum absolute atomic E-state index is 0.0700. The molecule has 4 rings (SSSR count). The Morgan fingerprint density at radius 3 is 2.50 bits per heavy atom. The third-order valence-electron chi connectivity index (χ3n) is 5.35. The first kappa shape index (κ1) is 15.6. The second-order valence-electron chi connectivity index (χ2n) is 7.78. The molecule has 2 saturated carbocycles. The summed E-state index contributed by atoms with van der Waals surface area (Å²) >= 11 is 0. The van der Waals surface area contributed by atoms with Crippen molar-refractivity contribution in [2.24, 2.45) is 17.8 Å². The quantitative estimate of drug-likeness (QED) is 0.774. The standard InChI is InChI=1S/C17H24N4O3/c1-10(2)3-8-13-18-14(24-20-13)9-21-15(22)17(11-4-5-11,12-6-7-12)19-16(21)23/h10-12H,3-9H2,1-2H3,(H,19,23). The summed E-state index contributed by atoms with van der Waals surface area (Å²) in [5, 5.41) is 6.96. The van der Waals surface area contributed by atoms with E-state index in [0.29, 0.717) is 29.5 Å². The molecule has 0 spiro atoms. The smallest absolute Gasteiger partial charge is 0.325 e. The van der Waals surface area contributed by atoms with Gasteiger partial charge in [0.1, 0.15) is 12.1 Å². The first-order chi connectivity index (χ1) is 11.5. The topological polar surface area (TPSA) is 88.3 Å². The molecule has 0 unspecified atom stereocenters. The summed E-state index contributed by atoms with van der Waals surface area (Å²) in [5.74, 6) is 2.04. The van der Waals surface area contributed by atoms with Gasteiger partial charge in [-0.25, -0.2) is 4.79 Å². The predicted octanol–water partition coefficient (Wildman–Crippen LogP) is 2.27. The van der Waals surface area contributed by atoms with Crippen molar-refractivity contribution in [2.75, 3.05) is 0 Å². The van der Waals surface area contributed by atoms with Crippen molar-refractivity contribution in [3.05, 3.63) is 11.7 Å². The van der Waals surface area contributed by atoms with Crippen LogP contribution in [0.3, 0.4) is 0 Å². The molecule has 1 aromatic rings. The van der Waals surface area contributed by atoms with Crippen molar-refractivity contribution < 1.29 is 14.1 Å². The van der Waals surface area contributed by atoms with Crippen LogP contribution in [-0.2, 0) is 17.8 Å². The van der Waals surface area contributed by atoms with E-state index in [4.69, 9.17) is 4.52 Å². The molecular weight excluding hydrogens is 308 g/mol. The van der Waals surface area contributed by atoms with Gasteiger partial charge in [0.2, 0.25) is 5.89 Å². The van der Waals surface area contributed by atoms with E-state index in [2.05, 4.69) is 29.3 Å². The first-order valence-corrected chi connectivity index (χ1v) is 8.96. The first-order valence-electron chi connectivity index (χ1n) is 8.96. The minimum atomic E-state index is -0.655. The number of rotatable bonds is 7. The Morgan fingerprint density at radius 1 is 1.25 bits per heavy atom. The third kappa shape index (κ3) is 2.59. The van der Waals surface area contributed by atoms with Gasteiger partial charge in [-0.2, -0.15) is 4.98 Å². The molecule has 0 bridgehead atoms. The molecule has 24 heavy (non-hydrogen) atoms. The summed E-state index contributed by atoms with van der Waals surface area (Å²) in [4.78, 5) is 31.0. The summed E-state index contributed by atoms with van der Waals surface area (Å²) in [6.07, 6.45) is 5.82. The lowest BCUT2D eigenvalue weighted by Gasteiger charge is -2.26. The molecule has 1 aromatic heterocycles. The average molecular weight is 332 g/mol. The number of urea groups is 1. The Kier molecular flexibility index (Phi) is 3.62. The van der Waals surface area contributed by atoms with Gasteiger partial charge in [-0.1, -0.05) is 19.0 Å². The molecule has 0 aromatic carbocycles. The molecule has 130 valence electrons. The number of imide groups is 1. The Hall–Kier alpha value is -1.92. The SMILES string of the molecule is CC(C)CCc1noc(CN2C(=O)NC(C3CC3)(C3CC3)C2=O)n1. The van der Waals surface area contributed by atoms with Crippen molar-refractivity contribution in [3.63, 3.8) is 0 Å². The van der Waals surface area contributed by atoms with Gasteiger partial charge >= 0.3 is 6.03 Å². The lowest BCUT2D eigenvalue weighted by Crippen LogP contribution is -2.51. The fourth-order valence-electron chi connectivity index (χ4n) is 3.73. The van der Waals surface area contributed by atoms with Crippen LogP contribution in [0, 0.1) is 17.8 Å². The highest BCUT2D eigenvalue weighted by Gasteiger charge is 2.65. The molecule has 2 aliphatic carbocycles. The molecule has 7 heteroatoms. The van der Waals surface area contributed by atoms with Gasteiger partial charge in [-0.05, 0) is 49.9 Å². The van der Waals surface area contributed by atoms with E-state index < -0.39 is 5.54 Å². The molecule has 0 radical (unpaired) electrons. The second-order valence-corrected chi connectivity index (χ2v) is 7.78. The van der Waals surface area contributed by atoms with Gasteiger partial charge in [-0.15, -0.1) is 0 Å². The second kappa shape index (κ2) is 5.57. The molecule has 0 atom stereocenters. The highest BCUT2D eigenvalue weighted by atomic mass is 16.5. The molecule has 3 amide bonds. The van der Waals surface area contributed by atoms with Gasteiger partial charge in [0.15, 0.2) is 5.82 Å². The molecule has 7 nitrogen and oxygen atoms in total. The molecule has 1 saturated heterocycles. The van der Waals surface area contributed by atoms with Crippen molar-refractivity contribution in [2.45, 2.75) is 64.5 Å². The number of hydrogen-bond donors (Lipinski definition) is 1. The highest BCUT2D eigenvalue weighted by molar-refractivity contribution is 6.07. The zero-order chi connectivity index (χ0) is 16.9. The van der Waals surface area contributed by atoms with Crippen molar-refractivity contribution in [1.82, 2.24) is 20.4 Å². The molecule has 1 N–H and O–H groups in total. The maximum absolute atomic E-state index is 13.0. The van der Waals surface area contributed by atoms with Crippen LogP contribution in [0.2, 0.25) is 0 Å². The van der Waals surface area contributed by atoms with Crippen molar-refractivity contribution in [1.29, 1.82) is 0 Å². The number of carbonyl (C=O) groups excluding carboxylic acids is 2. The van der Waals surface area contributed by atoms with Crippen LogP contribution in [0.1, 0.15) is 57.7 Å². The third-order valence-corrected chi connectivity index (χ3v) is 5.35. The Bertz CT molecular complexity index is 649. The largest absolute Gasteiger partial charge is 0.337 e. The zero-order valence-electron chi connectivity index (χ0n) is 14.2. The monoisotopic (exact) mass is 332 g/mol. The lowest BCUT2D eigenvalue weighted by molar-refractivity contribution is -0.133. The Labute approximate surface area is 141 Å². The van der Waals surface area contributed by atoms with E-state index in [1.807, 2.05) is 0 Å². The number of hydrogen-bond acceptors (Lipinski definition) is 5. The van der Waals surface area contributed by atoms with Crippen molar-refractivity contribution in [3.8, 4) is 0 Å². The summed E-state index contributed by atoms with van der Waals surface area (Å²) in [5.41, 5.74) is -0.655. The highest BCUT2D eigenvalue weighted by Crippen LogP contribution is 2.54. The predicted molar refractivity (Wildman–Crippen MR) is 84.7 cm³/mol. The van der Waals surface area contributed by atoms with E-state index in [0.717, 1.165) is 38.5 Å². The number of aryl methyl sites for hydroxylation is 1.